The van der Waals surface area contributed by atoms with E-state index in [-0.39, 0.29) is 0 Å². The van der Waals surface area contributed by atoms with Gasteiger partial charge < -0.3 is 9.88 Å². The van der Waals surface area contributed by atoms with E-state index in [0.717, 1.165) is 36.9 Å². The maximum atomic E-state index is 14.1. The lowest BCUT2D eigenvalue weighted by atomic mass is 9.99. The van der Waals surface area contributed by atoms with Crippen LogP contribution < -0.4 is 5.32 Å². The zero-order chi connectivity index (χ0) is 16.8. The molecule has 2 fully saturated rings. The van der Waals surface area contributed by atoms with E-state index in [1.165, 1.54) is 38.5 Å². The van der Waals surface area contributed by atoms with Crippen molar-refractivity contribution >= 4 is 12.8 Å². The summed E-state index contributed by atoms with van der Waals surface area (Å²) in [7, 11) is -0.536. The fourth-order valence-electron chi connectivity index (χ4n) is 4.37. The molecule has 0 aromatic heterocycles. The van der Waals surface area contributed by atoms with Crippen LogP contribution in [0.3, 0.4) is 0 Å². The van der Waals surface area contributed by atoms with Crippen molar-refractivity contribution < 1.29 is 4.57 Å². The van der Waals surface area contributed by atoms with Crippen molar-refractivity contribution in [1.29, 1.82) is 0 Å². The van der Waals surface area contributed by atoms with E-state index in [4.69, 9.17) is 0 Å². The Morgan fingerprint density at radius 3 is 2.00 bits per heavy atom. The van der Waals surface area contributed by atoms with Crippen LogP contribution in [0, 0.1) is 11.6 Å². The van der Waals surface area contributed by atoms with Gasteiger partial charge in [0.15, 0.2) is 7.14 Å². The molecule has 0 bridgehead atoms. The van der Waals surface area contributed by atoms with Gasteiger partial charge in [0, 0.05) is 29.6 Å². The quantitative estimate of drug-likeness (QED) is 0.533. The summed E-state index contributed by atoms with van der Waals surface area (Å²) in [5, 5.41) is 3.20. The second kappa shape index (κ2) is 8.26. The zero-order valence-corrected chi connectivity index (χ0v) is 15.8. The van der Waals surface area contributed by atoms with Crippen molar-refractivity contribution in [3.8, 4) is 11.6 Å². The van der Waals surface area contributed by atoms with Crippen LogP contribution in [0.1, 0.15) is 69.8 Å². The number of nitrogens with one attached hydrogen (secondary N) is 1. The third-order valence-electron chi connectivity index (χ3n) is 5.80. The molecular formula is C21H30NOP. The monoisotopic (exact) mass is 343 g/mol. The molecular weight excluding hydrogens is 313 g/mol. The summed E-state index contributed by atoms with van der Waals surface area (Å²) in [4.78, 5) is 0. The number of anilines is 1. The van der Waals surface area contributed by atoms with E-state index in [1.807, 2.05) is 31.3 Å². The Balaban J connectivity index is 1.92. The van der Waals surface area contributed by atoms with E-state index in [1.54, 1.807) is 0 Å². The van der Waals surface area contributed by atoms with Gasteiger partial charge in [0.25, 0.3) is 0 Å². The number of benzene rings is 1. The van der Waals surface area contributed by atoms with Gasteiger partial charge in [-0.25, -0.2) is 0 Å². The van der Waals surface area contributed by atoms with E-state index in [0.29, 0.717) is 11.3 Å². The third kappa shape index (κ3) is 3.89. The molecule has 0 saturated heterocycles. The van der Waals surface area contributed by atoms with Crippen molar-refractivity contribution in [2.45, 2.75) is 75.5 Å². The fraction of sp³-hybridized carbons (Fsp3) is 0.619. The lowest BCUT2D eigenvalue weighted by molar-refractivity contribution is 0.453. The molecule has 0 heterocycles. The molecule has 24 heavy (non-hydrogen) atoms. The molecule has 0 aliphatic heterocycles. The van der Waals surface area contributed by atoms with Crippen LogP contribution >= 0.6 is 7.14 Å². The Kier molecular flexibility index (Phi) is 6.07. The Morgan fingerprint density at radius 2 is 1.46 bits per heavy atom. The maximum Gasteiger partial charge on any atom is 0.161 e. The van der Waals surface area contributed by atoms with Crippen LogP contribution in [0.15, 0.2) is 24.3 Å². The lowest BCUT2D eigenvalue weighted by Gasteiger charge is -2.34. The molecule has 2 saturated carbocycles. The van der Waals surface area contributed by atoms with Crippen molar-refractivity contribution in [2.75, 3.05) is 12.4 Å². The van der Waals surface area contributed by atoms with E-state index in [9.17, 15) is 4.57 Å². The van der Waals surface area contributed by atoms with Gasteiger partial charge >= 0.3 is 0 Å². The van der Waals surface area contributed by atoms with Gasteiger partial charge in [0.05, 0.1) is 0 Å². The van der Waals surface area contributed by atoms with Gasteiger partial charge in [-0.2, -0.15) is 0 Å². The molecule has 3 rings (SSSR count). The van der Waals surface area contributed by atoms with Crippen molar-refractivity contribution in [1.82, 2.24) is 0 Å². The zero-order valence-electron chi connectivity index (χ0n) is 14.9. The standard InChI is InChI=1S/C21H30NOP/c1-22-21-15-9-8-10-18(21)16-17-24(23,19-11-4-2-5-12-19)20-13-6-3-7-14-20/h8-10,15,19-20,22H,2-7,11-14H2,1H3. The van der Waals surface area contributed by atoms with E-state index < -0.39 is 7.14 Å². The van der Waals surface area contributed by atoms with Crippen LogP contribution in [0.5, 0.6) is 0 Å². The number of para-hydroxylation sites is 1. The average molecular weight is 343 g/mol. The molecule has 3 heteroatoms. The van der Waals surface area contributed by atoms with Crippen LogP contribution in [0.2, 0.25) is 0 Å². The molecule has 0 atom stereocenters. The molecule has 2 aliphatic rings. The molecule has 0 radical (unpaired) electrons. The molecule has 0 amide bonds. The summed E-state index contributed by atoms with van der Waals surface area (Å²) in [6, 6.07) is 8.09. The summed E-state index contributed by atoms with van der Waals surface area (Å²) in [5.41, 5.74) is 6.10. The summed E-state index contributed by atoms with van der Waals surface area (Å²) in [6.45, 7) is 0. The SMILES string of the molecule is CNc1ccccc1C#CP(=O)(C1CCCCC1)C1CCCCC1. The first-order chi connectivity index (χ1) is 11.7. The average Bonchev–Trinajstić information content (AvgIpc) is 2.67. The van der Waals surface area contributed by atoms with Gasteiger partial charge in [-0.05, 0) is 43.5 Å². The predicted octanol–water partition coefficient (Wildman–Crippen LogP) is 6.07. The number of rotatable bonds is 3. The largest absolute Gasteiger partial charge is 0.387 e. The highest BCUT2D eigenvalue weighted by Crippen LogP contribution is 2.62. The summed E-state index contributed by atoms with van der Waals surface area (Å²) in [5.74, 6) is 3.32. The van der Waals surface area contributed by atoms with Crippen molar-refractivity contribution in [2.24, 2.45) is 0 Å². The Labute approximate surface area is 147 Å². The summed E-state index contributed by atoms with van der Waals surface area (Å²) >= 11 is 0. The van der Waals surface area contributed by atoms with Gasteiger partial charge in [-0.3, -0.25) is 0 Å². The Morgan fingerprint density at radius 1 is 0.917 bits per heavy atom. The molecule has 1 N–H and O–H groups in total. The summed E-state index contributed by atoms with van der Waals surface area (Å²) < 4.78 is 14.1. The number of hydrogen-bond acceptors (Lipinski definition) is 2. The first-order valence-corrected chi connectivity index (χ1v) is 11.5. The van der Waals surface area contributed by atoms with Gasteiger partial charge in [0.2, 0.25) is 0 Å². The van der Waals surface area contributed by atoms with Crippen LogP contribution in [-0.2, 0) is 4.57 Å². The highest BCUT2D eigenvalue weighted by Gasteiger charge is 2.40. The molecule has 2 nitrogen and oxygen atoms in total. The Hall–Kier alpha value is -1.19. The van der Waals surface area contributed by atoms with E-state index in [2.05, 4.69) is 16.9 Å². The minimum Gasteiger partial charge on any atom is -0.387 e. The van der Waals surface area contributed by atoms with Crippen molar-refractivity contribution in [3.63, 3.8) is 0 Å². The lowest BCUT2D eigenvalue weighted by Crippen LogP contribution is -2.22. The highest BCUT2D eigenvalue weighted by molar-refractivity contribution is 7.70. The molecule has 1 aromatic carbocycles. The third-order valence-corrected chi connectivity index (χ3v) is 9.46. The fourth-order valence-corrected chi connectivity index (χ4v) is 7.89. The van der Waals surface area contributed by atoms with Crippen LogP contribution in [0.4, 0.5) is 5.69 Å². The minimum atomic E-state index is -2.45. The molecule has 0 unspecified atom stereocenters. The topological polar surface area (TPSA) is 29.1 Å². The number of hydrogen-bond donors (Lipinski definition) is 1. The smallest absolute Gasteiger partial charge is 0.161 e. The van der Waals surface area contributed by atoms with Gasteiger partial charge in [-0.1, -0.05) is 56.6 Å². The van der Waals surface area contributed by atoms with E-state index >= 15 is 0 Å². The predicted molar refractivity (Wildman–Crippen MR) is 104 cm³/mol. The molecule has 1 aromatic rings. The summed E-state index contributed by atoms with van der Waals surface area (Å²) in [6.07, 6.45) is 12.0. The van der Waals surface area contributed by atoms with Crippen molar-refractivity contribution in [3.05, 3.63) is 29.8 Å². The second-order valence-corrected chi connectivity index (χ2v) is 10.4. The first kappa shape index (κ1) is 17.6. The highest BCUT2D eigenvalue weighted by atomic mass is 31.2. The molecule has 130 valence electrons. The molecule has 2 aliphatic carbocycles. The second-order valence-electron chi connectivity index (χ2n) is 7.33. The maximum absolute atomic E-state index is 14.1. The first-order valence-electron chi connectivity index (χ1n) is 9.63. The van der Waals surface area contributed by atoms with Gasteiger partial charge in [0.1, 0.15) is 0 Å². The molecule has 0 spiro atoms. The van der Waals surface area contributed by atoms with Crippen LogP contribution in [-0.4, -0.2) is 18.4 Å². The normalized spacial score (nSPS) is 20.2. The minimum absolute atomic E-state index is 0.351. The van der Waals surface area contributed by atoms with Crippen LogP contribution in [0.25, 0.3) is 0 Å². The Bertz CT molecular complexity index is 623. The van der Waals surface area contributed by atoms with Gasteiger partial charge in [-0.15, -0.1) is 0 Å².